The molecule has 7 heteroatoms. The van der Waals surface area contributed by atoms with E-state index in [1.165, 1.54) is 7.11 Å². The summed E-state index contributed by atoms with van der Waals surface area (Å²) in [6, 6.07) is 5.32. The lowest BCUT2D eigenvalue weighted by Gasteiger charge is -2.21. The Morgan fingerprint density at radius 2 is 2.08 bits per heavy atom. The first-order chi connectivity index (χ1) is 11.3. The number of pyridine rings is 2. The van der Waals surface area contributed by atoms with Gasteiger partial charge in [0, 0.05) is 24.7 Å². The van der Waals surface area contributed by atoms with Crippen molar-refractivity contribution in [3.63, 3.8) is 0 Å². The molecule has 2 heterocycles. The molecule has 0 aliphatic rings. The Bertz CT molecular complexity index is 713. The molecule has 1 amide bonds. The van der Waals surface area contributed by atoms with Crippen LogP contribution in [0.1, 0.15) is 32.3 Å². The number of carbonyl (C=O) groups is 1. The Morgan fingerprint density at radius 1 is 1.33 bits per heavy atom. The van der Waals surface area contributed by atoms with E-state index in [9.17, 15) is 9.90 Å². The maximum Gasteiger partial charge on any atom is 0.407 e. The highest BCUT2D eigenvalue weighted by atomic mass is 16.6. The molecule has 2 aromatic rings. The average Bonchev–Trinajstić information content (AvgIpc) is 2.53. The van der Waals surface area contributed by atoms with Crippen molar-refractivity contribution in [3.8, 4) is 5.88 Å². The minimum absolute atomic E-state index is 0.145. The highest BCUT2D eigenvalue weighted by molar-refractivity contribution is 5.79. The lowest BCUT2D eigenvalue weighted by atomic mass is 9.99. The van der Waals surface area contributed by atoms with Gasteiger partial charge in [0.05, 0.1) is 24.8 Å². The summed E-state index contributed by atoms with van der Waals surface area (Å²) in [5, 5.41) is 12.4. The van der Waals surface area contributed by atoms with Gasteiger partial charge in [-0.2, -0.15) is 0 Å². The van der Waals surface area contributed by atoms with Gasteiger partial charge in [-0.1, -0.05) is 0 Å². The van der Waals surface area contributed by atoms with Crippen LogP contribution in [0.5, 0.6) is 5.88 Å². The number of hydrogen-bond donors (Lipinski definition) is 2. The number of nitrogens with one attached hydrogen (secondary N) is 1. The Hall–Kier alpha value is -2.41. The van der Waals surface area contributed by atoms with E-state index < -0.39 is 11.7 Å². The van der Waals surface area contributed by atoms with Gasteiger partial charge in [-0.25, -0.2) is 9.78 Å². The molecular weight excluding hydrogens is 310 g/mol. The van der Waals surface area contributed by atoms with Gasteiger partial charge in [-0.05, 0) is 38.5 Å². The smallest absolute Gasteiger partial charge is 0.407 e. The zero-order valence-corrected chi connectivity index (χ0v) is 14.4. The van der Waals surface area contributed by atoms with Crippen molar-refractivity contribution in [2.45, 2.75) is 32.3 Å². The summed E-state index contributed by atoms with van der Waals surface area (Å²) < 4.78 is 10.4. The number of amides is 1. The largest absolute Gasteiger partial charge is 0.481 e. The molecular formula is C17H23N3O4. The minimum atomic E-state index is -0.572. The highest BCUT2D eigenvalue weighted by Gasteiger charge is 2.20. The number of aromatic nitrogens is 2. The van der Waals surface area contributed by atoms with Crippen molar-refractivity contribution < 1.29 is 19.4 Å². The van der Waals surface area contributed by atoms with Crippen LogP contribution in [0.3, 0.4) is 0 Å². The number of rotatable bonds is 5. The van der Waals surface area contributed by atoms with Crippen molar-refractivity contribution in [1.82, 2.24) is 15.3 Å². The van der Waals surface area contributed by atoms with Crippen molar-refractivity contribution in [2.75, 3.05) is 20.3 Å². The van der Waals surface area contributed by atoms with Crippen molar-refractivity contribution in [2.24, 2.45) is 0 Å². The molecule has 0 aliphatic heterocycles. The molecule has 7 nitrogen and oxygen atoms in total. The van der Waals surface area contributed by atoms with Crippen LogP contribution in [-0.2, 0) is 4.74 Å². The van der Waals surface area contributed by atoms with E-state index in [2.05, 4.69) is 15.3 Å². The van der Waals surface area contributed by atoms with Gasteiger partial charge >= 0.3 is 6.09 Å². The second-order valence-electron chi connectivity index (χ2n) is 6.38. The quantitative estimate of drug-likeness (QED) is 0.871. The average molecular weight is 333 g/mol. The number of alkyl carbamates (subject to hydrolysis) is 1. The molecule has 2 N–H and O–H groups in total. The number of aliphatic hydroxyl groups is 1. The van der Waals surface area contributed by atoms with E-state index in [0.717, 1.165) is 5.56 Å². The summed E-state index contributed by atoms with van der Waals surface area (Å²) in [6.45, 7) is 5.46. The number of hydrogen-bond acceptors (Lipinski definition) is 6. The second kappa shape index (κ2) is 7.44. The second-order valence-corrected chi connectivity index (χ2v) is 6.38. The number of fused-ring (bicyclic) bond motifs is 1. The molecule has 0 bridgehead atoms. The van der Waals surface area contributed by atoms with Crippen LogP contribution in [0, 0.1) is 0 Å². The summed E-state index contributed by atoms with van der Waals surface area (Å²) in [5.74, 6) is 0.135. The summed E-state index contributed by atoms with van der Waals surface area (Å²) in [4.78, 5) is 20.5. The zero-order chi connectivity index (χ0) is 17.7. The molecule has 0 aromatic carbocycles. The molecule has 2 aromatic heterocycles. The molecule has 0 saturated carbocycles. The molecule has 0 aliphatic carbocycles. The SMILES string of the molecule is COc1ccc2nccc([C@@H](CO)CNC(=O)OC(C)(C)C)c2n1. The topological polar surface area (TPSA) is 93.6 Å². The Labute approximate surface area is 141 Å². The summed E-state index contributed by atoms with van der Waals surface area (Å²) >= 11 is 0. The van der Waals surface area contributed by atoms with Crippen LogP contribution >= 0.6 is 0 Å². The fourth-order valence-corrected chi connectivity index (χ4v) is 2.26. The Morgan fingerprint density at radius 3 is 2.71 bits per heavy atom. The summed E-state index contributed by atoms with van der Waals surface area (Å²) in [7, 11) is 1.54. The first-order valence-corrected chi connectivity index (χ1v) is 7.71. The first kappa shape index (κ1) is 17.9. The molecule has 0 spiro atoms. The van der Waals surface area contributed by atoms with E-state index in [4.69, 9.17) is 9.47 Å². The number of methoxy groups -OCH3 is 1. The molecule has 1 atom stereocenters. The van der Waals surface area contributed by atoms with E-state index in [0.29, 0.717) is 16.9 Å². The number of nitrogens with zero attached hydrogens (tertiary/aromatic N) is 2. The van der Waals surface area contributed by atoms with Crippen molar-refractivity contribution in [3.05, 3.63) is 30.0 Å². The van der Waals surface area contributed by atoms with E-state index in [-0.39, 0.29) is 19.1 Å². The van der Waals surface area contributed by atoms with Crippen molar-refractivity contribution in [1.29, 1.82) is 0 Å². The number of ether oxygens (including phenoxy) is 2. The molecule has 2 rings (SSSR count). The van der Waals surface area contributed by atoms with E-state index >= 15 is 0 Å². The first-order valence-electron chi connectivity index (χ1n) is 7.71. The standard InChI is InChI=1S/C17H23N3O4/c1-17(2,3)24-16(22)19-9-11(10-21)12-7-8-18-13-5-6-14(23-4)20-15(12)13/h5-8,11,21H,9-10H2,1-4H3,(H,19,22)/t11-/m1/s1. The fourth-order valence-electron chi connectivity index (χ4n) is 2.26. The fraction of sp³-hybridized carbons (Fsp3) is 0.471. The van der Waals surface area contributed by atoms with Crippen LogP contribution < -0.4 is 10.1 Å². The normalized spacial score (nSPS) is 12.7. The third-order valence-electron chi connectivity index (χ3n) is 3.35. The van der Waals surface area contributed by atoms with Gasteiger partial charge in [0.25, 0.3) is 0 Å². The Balaban J connectivity index is 2.21. The van der Waals surface area contributed by atoms with Gasteiger partial charge in [0.1, 0.15) is 5.60 Å². The number of carbonyl (C=O) groups excluding carboxylic acids is 1. The van der Waals surface area contributed by atoms with Gasteiger partial charge in [-0.3, -0.25) is 4.98 Å². The predicted octanol–water partition coefficient (Wildman–Crippen LogP) is 2.24. The van der Waals surface area contributed by atoms with Gasteiger partial charge in [0.15, 0.2) is 0 Å². The van der Waals surface area contributed by atoms with Gasteiger partial charge in [-0.15, -0.1) is 0 Å². The van der Waals surface area contributed by atoms with E-state index in [1.54, 1.807) is 45.2 Å². The third-order valence-corrected chi connectivity index (χ3v) is 3.35. The molecule has 0 saturated heterocycles. The van der Waals surface area contributed by atoms with Gasteiger partial charge in [0.2, 0.25) is 5.88 Å². The Kier molecular flexibility index (Phi) is 5.56. The molecule has 0 fully saturated rings. The summed E-state index contributed by atoms with van der Waals surface area (Å²) in [5.41, 5.74) is 1.56. The van der Waals surface area contributed by atoms with Crippen LogP contribution in [0.25, 0.3) is 11.0 Å². The van der Waals surface area contributed by atoms with Crippen molar-refractivity contribution >= 4 is 17.1 Å². The molecule has 0 unspecified atom stereocenters. The van der Waals surface area contributed by atoms with Gasteiger partial charge < -0.3 is 19.9 Å². The number of aliphatic hydroxyl groups excluding tert-OH is 1. The van der Waals surface area contributed by atoms with Crippen LogP contribution in [-0.4, -0.2) is 47.0 Å². The van der Waals surface area contributed by atoms with Crippen LogP contribution in [0.2, 0.25) is 0 Å². The lowest BCUT2D eigenvalue weighted by Crippen LogP contribution is -2.35. The zero-order valence-electron chi connectivity index (χ0n) is 14.4. The maximum absolute atomic E-state index is 11.8. The lowest BCUT2D eigenvalue weighted by molar-refractivity contribution is 0.0521. The predicted molar refractivity (Wildman–Crippen MR) is 90.2 cm³/mol. The highest BCUT2D eigenvalue weighted by Crippen LogP contribution is 2.24. The molecule has 130 valence electrons. The minimum Gasteiger partial charge on any atom is -0.481 e. The maximum atomic E-state index is 11.8. The van der Waals surface area contributed by atoms with Crippen LogP contribution in [0.4, 0.5) is 4.79 Å². The monoisotopic (exact) mass is 333 g/mol. The molecule has 24 heavy (non-hydrogen) atoms. The van der Waals surface area contributed by atoms with E-state index in [1.807, 2.05) is 0 Å². The summed E-state index contributed by atoms with van der Waals surface area (Å²) in [6.07, 6.45) is 1.13. The third kappa shape index (κ3) is 4.55. The van der Waals surface area contributed by atoms with Crippen LogP contribution in [0.15, 0.2) is 24.4 Å². The molecule has 0 radical (unpaired) electrons.